The van der Waals surface area contributed by atoms with Crippen LogP contribution in [0.15, 0.2) is 78.9 Å². The standard InChI is InChI=1S/C26H27N3O5/c1-33-24-17-28(26(32)34-18-19-5-3-2-4-6-19)15-16-29(24)22-11-7-20(8-12-22)25(31)27-21-9-13-23(30)14-10-21/h2-14,24,30H,15-18H2,1H3,(H,27,31). The molecule has 0 aliphatic carbocycles. The molecule has 0 saturated carbocycles. The summed E-state index contributed by atoms with van der Waals surface area (Å²) in [4.78, 5) is 28.8. The summed E-state index contributed by atoms with van der Waals surface area (Å²) in [5, 5.41) is 12.2. The number of anilines is 2. The summed E-state index contributed by atoms with van der Waals surface area (Å²) in [6.45, 7) is 1.66. The molecular formula is C26H27N3O5. The number of nitrogens with zero attached hydrogens (tertiary/aromatic N) is 2. The van der Waals surface area contributed by atoms with Gasteiger partial charge in [0.05, 0.1) is 6.54 Å². The Kier molecular flexibility index (Phi) is 7.29. The first kappa shape index (κ1) is 23.1. The zero-order chi connectivity index (χ0) is 23.9. The lowest BCUT2D eigenvalue weighted by Gasteiger charge is -2.41. The van der Waals surface area contributed by atoms with E-state index in [1.54, 1.807) is 36.3 Å². The molecule has 2 amide bonds. The number of rotatable bonds is 6. The highest BCUT2D eigenvalue weighted by atomic mass is 16.6. The van der Waals surface area contributed by atoms with Gasteiger partial charge in [-0.1, -0.05) is 30.3 Å². The molecule has 3 aromatic carbocycles. The summed E-state index contributed by atoms with van der Waals surface area (Å²) in [6, 6.07) is 23.1. The van der Waals surface area contributed by atoms with E-state index in [0.717, 1.165) is 11.3 Å². The molecule has 2 N–H and O–H groups in total. The van der Waals surface area contributed by atoms with E-state index in [9.17, 15) is 14.7 Å². The molecule has 0 aromatic heterocycles. The van der Waals surface area contributed by atoms with E-state index in [4.69, 9.17) is 9.47 Å². The fourth-order valence-electron chi connectivity index (χ4n) is 3.78. The number of hydrogen-bond acceptors (Lipinski definition) is 6. The van der Waals surface area contributed by atoms with Crippen molar-refractivity contribution in [2.75, 3.05) is 37.0 Å². The second kappa shape index (κ2) is 10.7. The monoisotopic (exact) mass is 461 g/mol. The number of nitrogens with one attached hydrogen (secondary N) is 1. The van der Waals surface area contributed by atoms with Crippen LogP contribution in [0.4, 0.5) is 16.2 Å². The van der Waals surface area contributed by atoms with E-state index in [-0.39, 0.29) is 30.6 Å². The molecule has 176 valence electrons. The van der Waals surface area contributed by atoms with Gasteiger partial charge in [0.15, 0.2) is 0 Å². The van der Waals surface area contributed by atoms with E-state index in [0.29, 0.717) is 30.9 Å². The number of hydrogen-bond donors (Lipinski definition) is 2. The quantitative estimate of drug-likeness (QED) is 0.538. The van der Waals surface area contributed by atoms with E-state index in [1.165, 1.54) is 12.1 Å². The Morgan fingerprint density at radius 1 is 0.971 bits per heavy atom. The molecule has 0 spiro atoms. The van der Waals surface area contributed by atoms with Crippen LogP contribution in [-0.2, 0) is 16.1 Å². The lowest BCUT2D eigenvalue weighted by atomic mass is 10.1. The molecule has 3 aromatic rings. The average molecular weight is 462 g/mol. The van der Waals surface area contributed by atoms with E-state index in [1.807, 2.05) is 42.5 Å². The zero-order valence-corrected chi connectivity index (χ0v) is 18.9. The van der Waals surface area contributed by atoms with E-state index >= 15 is 0 Å². The minimum Gasteiger partial charge on any atom is -0.508 e. The second-order valence-corrected chi connectivity index (χ2v) is 7.92. The van der Waals surface area contributed by atoms with Crippen LogP contribution in [-0.4, -0.2) is 55.0 Å². The summed E-state index contributed by atoms with van der Waals surface area (Å²) in [5.74, 6) is -0.105. The Morgan fingerprint density at radius 3 is 2.35 bits per heavy atom. The maximum atomic E-state index is 12.5. The van der Waals surface area contributed by atoms with E-state index in [2.05, 4.69) is 10.2 Å². The molecule has 1 saturated heterocycles. The van der Waals surface area contributed by atoms with Crippen LogP contribution in [0.1, 0.15) is 15.9 Å². The first-order valence-corrected chi connectivity index (χ1v) is 11.0. The number of phenolic OH excluding ortho intramolecular Hbond substituents is 1. The Balaban J connectivity index is 1.34. The van der Waals surface area contributed by atoms with Crippen LogP contribution >= 0.6 is 0 Å². The van der Waals surface area contributed by atoms with Gasteiger partial charge in [0, 0.05) is 37.1 Å². The number of aromatic hydroxyl groups is 1. The molecule has 8 heteroatoms. The van der Waals surface area contributed by atoms with Crippen molar-refractivity contribution >= 4 is 23.4 Å². The molecule has 1 aliphatic rings. The Bertz CT molecular complexity index is 1100. The van der Waals surface area contributed by atoms with Gasteiger partial charge in [0.2, 0.25) is 0 Å². The van der Waals surface area contributed by atoms with Gasteiger partial charge in [0.1, 0.15) is 18.6 Å². The summed E-state index contributed by atoms with van der Waals surface area (Å²) in [6.07, 6.45) is -0.707. The van der Waals surface area contributed by atoms with Crippen molar-refractivity contribution in [3.05, 3.63) is 90.0 Å². The molecule has 0 bridgehead atoms. The van der Waals surface area contributed by atoms with Crippen LogP contribution in [0, 0.1) is 0 Å². The molecule has 1 fully saturated rings. The van der Waals surface area contributed by atoms with Crippen molar-refractivity contribution in [2.45, 2.75) is 12.8 Å². The lowest BCUT2D eigenvalue weighted by Crippen LogP contribution is -2.55. The normalized spacial score (nSPS) is 15.6. The average Bonchev–Trinajstić information content (AvgIpc) is 2.89. The van der Waals surface area contributed by atoms with Gasteiger partial charge in [-0.15, -0.1) is 0 Å². The third-order valence-corrected chi connectivity index (χ3v) is 5.66. The zero-order valence-electron chi connectivity index (χ0n) is 18.9. The number of methoxy groups -OCH3 is 1. The third-order valence-electron chi connectivity index (χ3n) is 5.66. The fraction of sp³-hybridized carbons (Fsp3) is 0.231. The summed E-state index contributed by atoms with van der Waals surface area (Å²) in [7, 11) is 1.61. The van der Waals surface area contributed by atoms with Crippen LogP contribution in [0.2, 0.25) is 0 Å². The highest BCUT2D eigenvalue weighted by Crippen LogP contribution is 2.23. The number of piperazine rings is 1. The minimum absolute atomic E-state index is 0.139. The van der Waals surface area contributed by atoms with Crippen LogP contribution < -0.4 is 10.2 Å². The first-order chi connectivity index (χ1) is 16.5. The lowest BCUT2D eigenvalue weighted by molar-refractivity contribution is 0.0292. The number of carbonyl (C=O) groups excluding carboxylic acids is 2. The number of amides is 2. The predicted molar refractivity (Wildman–Crippen MR) is 129 cm³/mol. The summed E-state index contributed by atoms with van der Waals surface area (Å²) < 4.78 is 11.1. The van der Waals surface area contributed by atoms with Crippen molar-refractivity contribution in [1.29, 1.82) is 0 Å². The largest absolute Gasteiger partial charge is 0.508 e. The maximum Gasteiger partial charge on any atom is 0.410 e. The van der Waals surface area contributed by atoms with Crippen molar-refractivity contribution in [3.8, 4) is 5.75 Å². The van der Waals surface area contributed by atoms with Gasteiger partial charge in [-0.25, -0.2) is 4.79 Å². The molecular weight excluding hydrogens is 434 g/mol. The number of phenols is 1. The van der Waals surface area contributed by atoms with Gasteiger partial charge in [-0.3, -0.25) is 4.79 Å². The molecule has 1 unspecified atom stereocenters. The fourth-order valence-corrected chi connectivity index (χ4v) is 3.78. The number of carbonyl (C=O) groups is 2. The predicted octanol–water partition coefficient (Wildman–Crippen LogP) is 4.08. The molecule has 1 aliphatic heterocycles. The van der Waals surface area contributed by atoms with Crippen LogP contribution in [0.3, 0.4) is 0 Å². The third kappa shape index (κ3) is 5.65. The van der Waals surface area contributed by atoms with Gasteiger partial charge >= 0.3 is 6.09 Å². The van der Waals surface area contributed by atoms with Gasteiger partial charge < -0.3 is 29.7 Å². The van der Waals surface area contributed by atoms with Gasteiger partial charge in [-0.2, -0.15) is 0 Å². The second-order valence-electron chi connectivity index (χ2n) is 7.92. The summed E-state index contributed by atoms with van der Waals surface area (Å²) >= 11 is 0. The van der Waals surface area contributed by atoms with Gasteiger partial charge in [0.25, 0.3) is 5.91 Å². The molecule has 4 rings (SSSR count). The van der Waals surface area contributed by atoms with Crippen molar-refractivity contribution in [2.24, 2.45) is 0 Å². The van der Waals surface area contributed by atoms with E-state index < -0.39 is 0 Å². The Morgan fingerprint density at radius 2 is 1.68 bits per heavy atom. The topological polar surface area (TPSA) is 91.3 Å². The molecule has 1 heterocycles. The van der Waals surface area contributed by atoms with Crippen molar-refractivity contribution < 1.29 is 24.2 Å². The van der Waals surface area contributed by atoms with Crippen LogP contribution in [0.25, 0.3) is 0 Å². The highest BCUT2D eigenvalue weighted by molar-refractivity contribution is 6.04. The minimum atomic E-state index is -0.369. The summed E-state index contributed by atoms with van der Waals surface area (Å²) in [5.41, 5.74) is 2.94. The van der Waals surface area contributed by atoms with Gasteiger partial charge in [-0.05, 0) is 54.1 Å². The Hall–Kier alpha value is -4.04. The van der Waals surface area contributed by atoms with Crippen LogP contribution in [0.5, 0.6) is 5.75 Å². The van der Waals surface area contributed by atoms with Crippen molar-refractivity contribution in [1.82, 2.24) is 4.90 Å². The maximum absolute atomic E-state index is 12.5. The smallest absolute Gasteiger partial charge is 0.410 e. The highest BCUT2D eigenvalue weighted by Gasteiger charge is 2.30. The molecule has 0 radical (unpaired) electrons. The SMILES string of the molecule is COC1CN(C(=O)OCc2ccccc2)CCN1c1ccc(C(=O)Nc2ccc(O)cc2)cc1. The first-order valence-electron chi connectivity index (χ1n) is 11.0. The number of ether oxygens (including phenoxy) is 2. The van der Waals surface area contributed by atoms with Crippen molar-refractivity contribution in [3.63, 3.8) is 0 Å². The molecule has 34 heavy (non-hydrogen) atoms. The molecule has 8 nitrogen and oxygen atoms in total. The number of benzene rings is 3. The molecule has 1 atom stereocenters. The Labute approximate surface area is 198 Å².